The van der Waals surface area contributed by atoms with E-state index in [0.717, 1.165) is 0 Å². The number of hydrogen-bond acceptors (Lipinski definition) is 5. The Morgan fingerprint density at radius 3 is 2.62 bits per heavy atom. The van der Waals surface area contributed by atoms with E-state index < -0.39 is 15.9 Å². The number of sulfone groups is 1. The molecule has 0 bridgehead atoms. The summed E-state index contributed by atoms with van der Waals surface area (Å²) in [6.45, 7) is 0.140. The van der Waals surface area contributed by atoms with Crippen LogP contribution in [0.1, 0.15) is 27.5 Å². The van der Waals surface area contributed by atoms with Gasteiger partial charge in [0.15, 0.2) is 9.84 Å². The lowest BCUT2D eigenvalue weighted by Gasteiger charge is -2.35. The number of hydrogen-bond donors (Lipinski definition) is 0. The zero-order chi connectivity index (χ0) is 17.3. The van der Waals surface area contributed by atoms with Gasteiger partial charge in [-0.1, -0.05) is 0 Å². The molecule has 1 aromatic heterocycles. The first kappa shape index (κ1) is 16.2. The highest BCUT2D eigenvalue weighted by Gasteiger charge is 2.36. The molecule has 0 unspecified atom stereocenters. The number of rotatable bonds is 2. The molecule has 1 atom stereocenters. The first-order chi connectivity index (χ1) is 11.4. The third-order valence-corrected chi connectivity index (χ3v) is 5.69. The molecule has 8 heteroatoms. The van der Waals surface area contributed by atoms with E-state index in [1.807, 2.05) is 6.07 Å². The average molecular weight is 344 g/mol. The number of amides is 1. The Balaban J connectivity index is 1.94. The summed E-state index contributed by atoms with van der Waals surface area (Å²) >= 11 is 0. The quantitative estimate of drug-likeness (QED) is 0.806. The lowest BCUT2D eigenvalue weighted by atomic mass is 10.1. The van der Waals surface area contributed by atoms with E-state index in [4.69, 9.17) is 5.26 Å². The summed E-state index contributed by atoms with van der Waals surface area (Å²) < 4.78 is 25.6. The van der Waals surface area contributed by atoms with Crippen molar-refractivity contribution < 1.29 is 13.2 Å². The topological polar surface area (TPSA) is 96.1 Å². The van der Waals surface area contributed by atoms with Gasteiger partial charge in [-0.15, -0.1) is 0 Å². The number of carbonyl (C=O) groups is 1. The van der Waals surface area contributed by atoms with Gasteiger partial charge in [-0.2, -0.15) is 10.4 Å². The number of nitrogens with zero attached hydrogens (tertiary/aromatic N) is 4. The maximum absolute atomic E-state index is 12.8. The molecule has 124 valence electrons. The molecule has 1 saturated heterocycles. The molecule has 24 heavy (non-hydrogen) atoms. The summed E-state index contributed by atoms with van der Waals surface area (Å²) in [7, 11) is -1.46. The van der Waals surface area contributed by atoms with Crippen molar-refractivity contribution in [2.75, 3.05) is 18.1 Å². The van der Waals surface area contributed by atoms with Crippen LogP contribution in [0.2, 0.25) is 0 Å². The fourth-order valence-electron chi connectivity index (χ4n) is 2.79. The summed E-state index contributed by atoms with van der Waals surface area (Å²) in [5, 5.41) is 12.9. The molecule has 0 radical (unpaired) electrons. The van der Waals surface area contributed by atoms with Gasteiger partial charge in [0.25, 0.3) is 5.91 Å². The van der Waals surface area contributed by atoms with Crippen LogP contribution < -0.4 is 0 Å². The maximum atomic E-state index is 12.8. The molecule has 0 saturated carbocycles. The second-order valence-corrected chi connectivity index (χ2v) is 7.99. The van der Waals surface area contributed by atoms with Gasteiger partial charge in [-0.25, -0.2) is 8.42 Å². The number of benzene rings is 1. The van der Waals surface area contributed by atoms with Crippen LogP contribution in [0.25, 0.3) is 0 Å². The number of aromatic nitrogens is 2. The van der Waals surface area contributed by atoms with Crippen molar-refractivity contribution in [2.45, 2.75) is 6.04 Å². The second-order valence-electron chi connectivity index (χ2n) is 5.77. The third kappa shape index (κ3) is 3.16. The highest BCUT2D eigenvalue weighted by molar-refractivity contribution is 7.91. The minimum absolute atomic E-state index is 0.0498. The largest absolute Gasteiger partial charge is 0.329 e. The van der Waals surface area contributed by atoms with Crippen molar-refractivity contribution >= 4 is 15.7 Å². The van der Waals surface area contributed by atoms with E-state index in [9.17, 15) is 13.2 Å². The fraction of sp³-hybridized carbons (Fsp3) is 0.312. The number of nitriles is 1. The molecular weight excluding hydrogens is 328 g/mol. The minimum atomic E-state index is -3.20. The predicted molar refractivity (Wildman–Crippen MR) is 86.8 cm³/mol. The summed E-state index contributed by atoms with van der Waals surface area (Å²) in [5.41, 5.74) is 1.60. The zero-order valence-electron chi connectivity index (χ0n) is 13.1. The number of carbonyl (C=O) groups excluding carboxylic acids is 1. The Kier molecular flexibility index (Phi) is 4.11. The van der Waals surface area contributed by atoms with E-state index in [1.54, 1.807) is 53.3 Å². The van der Waals surface area contributed by atoms with E-state index in [-0.39, 0.29) is 24.0 Å². The lowest BCUT2D eigenvalue weighted by molar-refractivity contribution is 0.0697. The molecule has 2 aromatic rings. The Hall–Kier alpha value is -2.66. The van der Waals surface area contributed by atoms with Crippen molar-refractivity contribution in [1.29, 1.82) is 5.26 Å². The van der Waals surface area contributed by atoms with Crippen LogP contribution in [0.3, 0.4) is 0 Å². The molecular formula is C16H16N4O3S. The van der Waals surface area contributed by atoms with Crippen molar-refractivity contribution in [2.24, 2.45) is 7.05 Å². The van der Waals surface area contributed by atoms with E-state index in [1.165, 1.54) is 0 Å². The van der Waals surface area contributed by atoms with Crippen LogP contribution in [0.4, 0.5) is 0 Å². The van der Waals surface area contributed by atoms with Gasteiger partial charge < -0.3 is 4.90 Å². The molecule has 2 heterocycles. The van der Waals surface area contributed by atoms with Crippen LogP contribution in [0, 0.1) is 11.3 Å². The van der Waals surface area contributed by atoms with Gasteiger partial charge in [0, 0.05) is 30.9 Å². The van der Waals surface area contributed by atoms with Crippen LogP contribution in [-0.2, 0) is 16.9 Å². The van der Waals surface area contributed by atoms with Crippen LogP contribution in [0.15, 0.2) is 36.7 Å². The van der Waals surface area contributed by atoms with Gasteiger partial charge in [0.2, 0.25) is 0 Å². The predicted octanol–water partition coefficient (Wildman–Crippen LogP) is 0.904. The Bertz CT molecular complexity index is 910. The normalized spacial score (nSPS) is 19.7. The molecule has 0 aliphatic carbocycles. The van der Waals surface area contributed by atoms with Crippen molar-refractivity contribution in [3.05, 3.63) is 53.3 Å². The molecule has 1 aliphatic heterocycles. The molecule has 1 amide bonds. The molecule has 0 spiro atoms. The van der Waals surface area contributed by atoms with Gasteiger partial charge in [-0.05, 0) is 24.3 Å². The van der Waals surface area contributed by atoms with Gasteiger partial charge in [0.1, 0.15) is 0 Å². The van der Waals surface area contributed by atoms with Crippen LogP contribution in [-0.4, -0.2) is 47.1 Å². The first-order valence-corrected chi connectivity index (χ1v) is 9.22. The zero-order valence-corrected chi connectivity index (χ0v) is 13.9. The van der Waals surface area contributed by atoms with E-state index in [0.29, 0.717) is 16.7 Å². The summed E-state index contributed by atoms with van der Waals surface area (Å²) in [5.74, 6) is -0.407. The summed E-state index contributed by atoms with van der Waals surface area (Å²) in [4.78, 5) is 14.4. The molecule has 3 rings (SSSR count). The number of aryl methyl sites for hydroxylation is 1. The van der Waals surface area contributed by atoms with Crippen LogP contribution >= 0.6 is 0 Å². The smallest absolute Gasteiger partial charge is 0.254 e. The molecule has 0 N–H and O–H groups in total. The highest BCUT2D eigenvalue weighted by atomic mass is 32.2. The Labute approximate surface area is 140 Å². The van der Waals surface area contributed by atoms with E-state index in [2.05, 4.69) is 5.10 Å². The molecule has 1 fully saturated rings. The van der Waals surface area contributed by atoms with Crippen molar-refractivity contribution in [3.63, 3.8) is 0 Å². The fourth-order valence-corrected chi connectivity index (χ4v) is 4.29. The standard InChI is InChI=1S/C16H16N4O3S/c1-19-10-14(9-18-19)15-11-24(22,23)7-6-20(15)16(21)13-4-2-12(8-17)3-5-13/h2-5,9-10,15H,6-7,11H2,1H3/t15-/m1/s1. The second kappa shape index (κ2) is 6.09. The molecule has 1 aliphatic rings. The SMILES string of the molecule is Cn1cc([C@H]2CS(=O)(=O)CCN2C(=O)c2ccc(C#N)cc2)cn1. The summed E-state index contributed by atoms with van der Waals surface area (Å²) in [6, 6.07) is 7.78. The van der Waals surface area contributed by atoms with Crippen molar-refractivity contribution in [1.82, 2.24) is 14.7 Å². The summed E-state index contributed by atoms with van der Waals surface area (Å²) in [6.07, 6.45) is 3.31. The average Bonchev–Trinajstić information content (AvgIpc) is 3.00. The maximum Gasteiger partial charge on any atom is 0.254 e. The highest BCUT2D eigenvalue weighted by Crippen LogP contribution is 2.28. The first-order valence-electron chi connectivity index (χ1n) is 7.40. The van der Waals surface area contributed by atoms with Gasteiger partial charge in [0.05, 0.1) is 35.4 Å². The molecule has 1 aromatic carbocycles. The Morgan fingerprint density at radius 1 is 1.33 bits per heavy atom. The van der Waals surface area contributed by atoms with Gasteiger partial charge >= 0.3 is 0 Å². The van der Waals surface area contributed by atoms with Crippen LogP contribution in [0.5, 0.6) is 0 Å². The lowest BCUT2D eigenvalue weighted by Crippen LogP contribution is -2.46. The third-order valence-electron chi connectivity index (χ3n) is 4.06. The van der Waals surface area contributed by atoms with E-state index >= 15 is 0 Å². The Morgan fingerprint density at radius 2 is 2.04 bits per heavy atom. The molecule has 7 nitrogen and oxygen atoms in total. The van der Waals surface area contributed by atoms with Gasteiger partial charge in [-0.3, -0.25) is 9.48 Å². The van der Waals surface area contributed by atoms with Crippen molar-refractivity contribution in [3.8, 4) is 6.07 Å². The minimum Gasteiger partial charge on any atom is -0.329 e. The monoisotopic (exact) mass is 344 g/mol.